The summed E-state index contributed by atoms with van der Waals surface area (Å²) in [6.45, 7) is 0. The topological polar surface area (TPSA) is 0 Å². The van der Waals surface area contributed by atoms with E-state index in [1.807, 2.05) is 0 Å². The molecule has 1 heteroatoms. The number of rotatable bonds is 1. The number of hydrogen-bond acceptors (Lipinski definition) is 0. The first-order valence-electron chi connectivity index (χ1n) is 6.34. The number of halogens is 1. The van der Waals surface area contributed by atoms with Gasteiger partial charge >= 0.3 is 0 Å². The molecule has 0 aliphatic heterocycles. The Bertz CT molecular complexity index is 808. The Kier molecular flexibility index (Phi) is 2.36. The fraction of sp³-hybridized carbons (Fsp3) is 0. The second-order valence-electron chi connectivity index (χ2n) is 4.76. The Morgan fingerprint density at radius 2 is 1.32 bits per heavy atom. The van der Waals surface area contributed by atoms with E-state index in [9.17, 15) is 0 Å². The van der Waals surface area contributed by atoms with Crippen molar-refractivity contribution in [2.75, 3.05) is 0 Å². The van der Waals surface area contributed by atoms with Gasteiger partial charge in [0.25, 0.3) is 0 Å². The molecule has 0 radical (unpaired) electrons. The molecule has 0 amide bonds. The molecular formula is C18H11Br. The van der Waals surface area contributed by atoms with Crippen molar-refractivity contribution in [3.63, 3.8) is 0 Å². The summed E-state index contributed by atoms with van der Waals surface area (Å²) in [6.07, 6.45) is 0. The van der Waals surface area contributed by atoms with Crippen LogP contribution in [0.25, 0.3) is 20.8 Å². The molecule has 19 heavy (non-hydrogen) atoms. The van der Waals surface area contributed by atoms with E-state index in [0.717, 1.165) is 0 Å². The highest BCUT2D eigenvalue weighted by Crippen LogP contribution is 2.47. The van der Waals surface area contributed by atoms with Crippen LogP contribution in [0.3, 0.4) is 0 Å². The van der Waals surface area contributed by atoms with E-state index < -0.39 is 0 Å². The highest BCUT2D eigenvalue weighted by atomic mass is 79.9. The fourth-order valence-electron chi connectivity index (χ4n) is 2.87. The van der Waals surface area contributed by atoms with Crippen LogP contribution in [0.1, 0.15) is 16.7 Å². The molecule has 90 valence electrons. The molecule has 0 nitrogen and oxygen atoms in total. The van der Waals surface area contributed by atoms with Crippen molar-refractivity contribution in [3.05, 3.63) is 83.4 Å². The van der Waals surface area contributed by atoms with Crippen LogP contribution in [0.2, 0.25) is 0 Å². The van der Waals surface area contributed by atoms with E-state index in [0.29, 0.717) is 0 Å². The summed E-state index contributed by atoms with van der Waals surface area (Å²) in [5, 5.41) is 2.66. The van der Waals surface area contributed by atoms with E-state index in [4.69, 9.17) is 0 Å². The lowest BCUT2D eigenvalue weighted by Gasteiger charge is -2.06. The van der Waals surface area contributed by atoms with Crippen LogP contribution in [0.5, 0.6) is 0 Å². The Balaban J connectivity index is 2.11. The van der Waals surface area contributed by atoms with E-state index >= 15 is 0 Å². The normalized spacial score (nSPS) is 13.3. The van der Waals surface area contributed by atoms with Gasteiger partial charge in [0, 0.05) is 10.1 Å². The predicted molar refractivity (Wildman–Crippen MR) is 85.2 cm³/mol. The van der Waals surface area contributed by atoms with Gasteiger partial charge in [-0.3, -0.25) is 0 Å². The molecule has 0 saturated heterocycles. The SMILES string of the molecule is BrC1=C(c2ccccc2)c2cccc3cccc1c23. The largest absolute Gasteiger partial charge is 0.0622 e. The van der Waals surface area contributed by atoms with Crippen molar-refractivity contribution in [3.8, 4) is 0 Å². The maximum atomic E-state index is 3.79. The smallest absolute Gasteiger partial charge is 0.0338 e. The van der Waals surface area contributed by atoms with Crippen LogP contribution < -0.4 is 0 Å². The zero-order valence-corrected chi connectivity index (χ0v) is 11.8. The third-order valence-corrected chi connectivity index (χ3v) is 4.52. The average molecular weight is 307 g/mol. The molecule has 3 aromatic carbocycles. The summed E-state index contributed by atoms with van der Waals surface area (Å²) in [7, 11) is 0. The second kappa shape index (κ2) is 4.07. The van der Waals surface area contributed by atoms with Crippen LogP contribution in [-0.2, 0) is 0 Å². The maximum Gasteiger partial charge on any atom is 0.0338 e. The number of hydrogen-bond donors (Lipinski definition) is 0. The summed E-state index contributed by atoms with van der Waals surface area (Å²) in [5.41, 5.74) is 5.18. The fourth-order valence-corrected chi connectivity index (χ4v) is 3.65. The highest BCUT2D eigenvalue weighted by molar-refractivity contribution is 9.15. The van der Waals surface area contributed by atoms with Crippen molar-refractivity contribution in [2.24, 2.45) is 0 Å². The van der Waals surface area contributed by atoms with Crippen molar-refractivity contribution < 1.29 is 0 Å². The van der Waals surface area contributed by atoms with Gasteiger partial charge < -0.3 is 0 Å². The summed E-state index contributed by atoms with van der Waals surface area (Å²) < 4.78 is 1.20. The molecule has 0 heterocycles. The van der Waals surface area contributed by atoms with Gasteiger partial charge in [-0.05, 0) is 43.4 Å². The lowest BCUT2D eigenvalue weighted by atomic mass is 9.98. The van der Waals surface area contributed by atoms with Crippen LogP contribution in [0.4, 0.5) is 0 Å². The van der Waals surface area contributed by atoms with E-state index in [-0.39, 0.29) is 0 Å². The molecule has 0 fully saturated rings. The Morgan fingerprint density at radius 1 is 0.632 bits per heavy atom. The second-order valence-corrected chi connectivity index (χ2v) is 5.56. The van der Waals surface area contributed by atoms with Crippen LogP contribution in [0, 0.1) is 0 Å². The molecule has 3 aromatic rings. The Hall–Kier alpha value is -1.86. The number of benzene rings is 3. The first kappa shape index (κ1) is 11.0. The van der Waals surface area contributed by atoms with Gasteiger partial charge in [-0.2, -0.15) is 0 Å². The molecule has 0 N–H and O–H groups in total. The molecule has 0 aromatic heterocycles. The standard InChI is InChI=1S/C18H11Br/c19-18-15-11-5-9-12-8-4-10-14(16(12)15)17(18)13-6-2-1-3-7-13/h1-11H. The minimum atomic E-state index is 1.20. The third kappa shape index (κ3) is 1.52. The van der Waals surface area contributed by atoms with Crippen LogP contribution >= 0.6 is 15.9 Å². The molecule has 0 spiro atoms. The lowest BCUT2D eigenvalue weighted by Crippen LogP contribution is -1.84. The van der Waals surface area contributed by atoms with Crippen molar-refractivity contribution >= 4 is 36.8 Å². The van der Waals surface area contributed by atoms with Gasteiger partial charge in [0.15, 0.2) is 0 Å². The van der Waals surface area contributed by atoms with Gasteiger partial charge in [0.2, 0.25) is 0 Å². The summed E-state index contributed by atoms with van der Waals surface area (Å²) in [6, 6.07) is 23.6. The van der Waals surface area contributed by atoms with Crippen molar-refractivity contribution in [1.82, 2.24) is 0 Å². The first-order chi connectivity index (χ1) is 9.36. The lowest BCUT2D eigenvalue weighted by molar-refractivity contribution is 1.61. The van der Waals surface area contributed by atoms with Crippen molar-refractivity contribution in [1.29, 1.82) is 0 Å². The third-order valence-electron chi connectivity index (χ3n) is 3.69. The molecular weight excluding hydrogens is 296 g/mol. The molecule has 1 aliphatic rings. The average Bonchev–Trinajstić information content (AvgIpc) is 2.76. The molecule has 0 atom stereocenters. The Morgan fingerprint density at radius 3 is 2.05 bits per heavy atom. The molecule has 0 unspecified atom stereocenters. The van der Waals surface area contributed by atoms with E-state index in [1.54, 1.807) is 0 Å². The van der Waals surface area contributed by atoms with Crippen LogP contribution in [-0.4, -0.2) is 0 Å². The summed E-state index contributed by atoms with van der Waals surface area (Å²) in [4.78, 5) is 0. The molecule has 0 saturated carbocycles. The minimum Gasteiger partial charge on any atom is -0.0622 e. The molecule has 0 bridgehead atoms. The van der Waals surface area contributed by atoms with Gasteiger partial charge in [0.1, 0.15) is 0 Å². The quantitative estimate of drug-likeness (QED) is 0.559. The van der Waals surface area contributed by atoms with E-state index in [1.165, 1.54) is 37.5 Å². The minimum absolute atomic E-state index is 1.20. The van der Waals surface area contributed by atoms with Gasteiger partial charge in [0.05, 0.1) is 0 Å². The summed E-state index contributed by atoms with van der Waals surface area (Å²) in [5.74, 6) is 0. The van der Waals surface area contributed by atoms with Gasteiger partial charge in [-0.25, -0.2) is 0 Å². The Labute approximate surface area is 120 Å². The highest BCUT2D eigenvalue weighted by Gasteiger charge is 2.22. The monoisotopic (exact) mass is 306 g/mol. The first-order valence-corrected chi connectivity index (χ1v) is 7.13. The predicted octanol–water partition coefficient (Wildman–Crippen LogP) is 5.46. The zero-order valence-electron chi connectivity index (χ0n) is 10.2. The molecule has 1 aliphatic carbocycles. The van der Waals surface area contributed by atoms with Gasteiger partial charge in [-0.1, -0.05) is 66.7 Å². The van der Waals surface area contributed by atoms with E-state index in [2.05, 4.69) is 82.7 Å². The zero-order chi connectivity index (χ0) is 12.8. The maximum absolute atomic E-state index is 3.79. The van der Waals surface area contributed by atoms with Crippen molar-refractivity contribution in [2.45, 2.75) is 0 Å². The summed E-state index contributed by atoms with van der Waals surface area (Å²) >= 11 is 3.79. The molecule has 4 rings (SSSR count). The van der Waals surface area contributed by atoms with Gasteiger partial charge in [-0.15, -0.1) is 0 Å². The van der Waals surface area contributed by atoms with Crippen LogP contribution in [0.15, 0.2) is 66.7 Å².